The molecule has 0 aliphatic carbocycles. The predicted octanol–water partition coefficient (Wildman–Crippen LogP) is 5.79. The molecule has 0 fully saturated rings. The number of ether oxygens (including phenoxy) is 1. The van der Waals surface area contributed by atoms with Crippen LogP contribution in [0.2, 0.25) is 5.02 Å². The third-order valence-corrected chi connectivity index (χ3v) is 4.64. The molecule has 0 bridgehead atoms. The van der Waals surface area contributed by atoms with Crippen LogP contribution in [0.1, 0.15) is 30.0 Å². The van der Waals surface area contributed by atoms with Crippen molar-refractivity contribution in [2.45, 2.75) is 20.0 Å². The van der Waals surface area contributed by atoms with Gasteiger partial charge in [0.25, 0.3) is 0 Å². The number of hydrazone groups is 1. The van der Waals surface area contributed by atoms with E-state index in [4.69, 9.17) is 20.8 Å². The number of benzene rings is 3. The molecule has 1 N–H and O–H groups in total. The van der Waals surface area contributed by atoms with E-state index in [9.17, 15) is 4.79 Å². The number of carbonyl (C=O) groups is 1. The Morgan fingerprint density at radius 3 is 2.72 bits per heavy atom. The summed E-state index contributed by atoms with van der Waals surface area (Å²) in [7, 11) is 0. The fraction of sp³-hybridized carbons (Fsp3) is 0.130. The Labute approximate surface area is 172 Å². The Morgan fingerprint density at radius 1 is 1.10 bits per heavy atom. The number of hydrogen-bond donors (Lipinski definition) is 1. The van der Waals surface area contributed by atoms with E-state index < -0.39 is 5.91 Å². The summed E-state index contributed by atoms with van der Waals surface area (Å²) >= 11 is 6.21. The van der Waals surface area contributed by atoms with Crippen molar-refractivity contribution in [1.29, 1.82) is 0 Å². The third kappa shape index (κ3) is 4.10. The van der Waals surface area contributed by atoms with Crippen LogP contribution in [0.3, 0.4) is 0 Å². The lowest BCUT2D eigenvalue weighted by Crippen LogP contribution is -2.16. The minimum Gasteiger partial charge on any atom is -0.489 e. The topological polar surface area (TPSA) is 63.8 Å². The molecule has 0 atom stereocenters. The molecule has 0 aliphatic heterocycles. The van der Waals surface area contributed by atoms with Gasteiger partial charge < -0.3 is 9.15 Å². The van der Waals surface area contributed by atoms with Crippen molar-refractivity contribution in [1.82, 2.24) is 5.43 Å². The predicted molar refractivity (Wildman–Crippen MR) is 116 cm³/mol. The van der Waals surface area contributed by atoms with Gasteiger partial charge in [-0.25, -0.2) is 5.43 Å². The van der Waals surface area contributed by atoms with Crippen LogP contribution < -0.4 is 10.2 Å². The van der Waals surface area contributed by atoms with Gasteiger partial charge in [0, 0.05) is 5.39 Å². The summed E-state index contributed by atoms with van der Waals surface area (Å²) in [5.74, 6) is 0.386. The largest absolute Gasteiger partial charge is 0.489 e. The first-order valence-corrected chi connectivity index (χ1v) is 9.60. The zero-order valence-electron chi connectivity index (χ0n) is 16.0. The Hall–Kier alpha value is -3.31. The van der Waals surface area contributed by atoms with E-state index >= 15 is 0 Å². The van der Waals surface area contributed by atoms with Crippen LogP contribution in [0.5, 0.6) is 5.75 Å². The molecule has 0 saturated carbocycles. The molecule has 146 valence electrons. The van der Waals surface area contributed by atoms with E-state index in [1.165, 1.54) is 6.21 Å². The molecule has 0 saturated heterocycles. The third-order valence-electron chi connectivity index (χ3n) is 4.35. The quantitative estimate of drug-likeness (QED) is 0.337. The lowest BCUT2D eigenvalue weighted by atomic mass is 10.1. The number of fused-ring (bicyclic) bond motifs is 3. The van der Waals surface area contributed by atoms with Crippen LogP contribution in [-0.2, 0) is 0 Å². The van der Waals surface area contributed by atoms with Crippen molar-refractivity contribution in [3.63, 3.8) is 0 Å². The monoisotopic (exact) mass is 406 g/mol. The number of furan rings is 1. The minimum absolute atomic E-state index is 0.0345. The highest BCUT2D eigenvalue weighted by molar-refractivity contribution is 6.32. The van der Waals surface area contributed by atoms with E-state index in [2.05, 4.69) is 10.5 Å². The fourth-order valence-corrected chi connectivity index (χ4v) is 3.31. The zero-order chi connectivity index (χ0) is 20.4. The number of amides is 1. The van der Waals surface area contributed by atoms with Crippen LogP contribution in [-0.4, -0.2) is 18.2 Å². The van der Waals surface area contributed by atoms with E-state index in [0.717, 1.165) is 21.7 Å². The summed E-state index contributed by atoms with van der Waals surface area (Å²) < 4.78 is 11.3. The molecule has 5 nitrogen and oxygen atoms in total. The Kier molecular flexibility index (Phi) is 5.23. The molecule has 0 spiro atoms. The van der Waals surface area contributed by atoms with Gasteiger partial charge in [-0.15, -0.1) is 0 Å². The van der Waals surface area contributed by atoms with Crippen molar-refractivity contribution in [2.24, 2.45) is 5.10 Å². The summed E-state index contributed by atoms with van der Waals surface area (Å²) in [5, 5.41) is 7.50. The standard InChI is InChI=1S/C23H19ClN2O3/c1-14(2)28-21-9-7-15(11-19(21)24)13-25-26-23(27)22-12-18-17-6-4-3-5-16(17)8-10-20(18)29-22/h3-14H,1-2H3,(H,26,27)/b25-13+. The maximum absolute atomic E-state index is 12.4. The number of halogens is 1. The number of rotatable bonds is 5. The van der Waals surface area contributed by atoms with Gasteiger partial charge >= 0.3 is 5.91 Å². The second-order valence-electron chi connectivity index (χ2n) is 6.86. The van der Waals surface area contributed by atoms with Crippen molar-refractivity contribution in [2.75, 3.05) is 0 Å². The molecule has 1 aromatic heterocycles. The number of nitrogens with one attached hydrogen (secondary N) is 1. The van der Waals surface area contributed by atoms with Crippen LogP contribution in [0.25, 0.3) is 21.7 Å². The first-order chi connectivity index (χ1) is 14.0. The molecule has 0 aliphatic rings. The smallest absolute Gasteiger partial charge is 0.307 e. The van der Waals surface area contributed by atoms with Crippen molar-refractivity contribution < 1.29 is 13.9 Å². The molecule has 4 rings (SSSR count). The number of hydrogen-bond acceptors (Lipinski definition) is 4. The van der Waals surface area contributed by atoms with Crippen LogP contribution in [0.15, 0.2) is 70.2 Å². The van der Waals surface area contributed by atoms with Gasteiger partial charge in [-0.05, 0) is 60.5 Å². The molecule has 1 amide bonds. The zero-order valence-corrected chi connectivity index (χ0v) is 16.7. The summed E-state index contributed by atoms with van der Waals surface area (Å²) in [6.45, 7) is 3.87. The lowest BCUT2D eigenvalue weighted by Gasteiger charge is -2.11. The molecule has 1 heterocycles. The van der Waals surface area contributed by atoms with Gasteiger partial charge in [0.15, 0.2) is 5.76 Å². The molecular formula is C23H19ClN2O3. The average molecular weight is 407 g/mol. The Balaban J connectivity index is 1.50. The summed E-state index contributed by atoms with van der Waals surface area (Å²) in [6.07, 6.45) is 1.55. The highest BCUT2D eigenvalue weighted by atomic mass is 35.5. The molecule has 29 heavy (non-hydrogen) atoms. The van der Waals surface area contributed by atoms with Crippen molar-refractivity contribution >= 4 is 45.5 Å². The highest BCUT2D eigenvalue weighted by Crippen LogP contribution is 2.28. The van der Waals surface area contributed by atoms with E-state index in [-0.39, 0.29) is 11.9 Å². The molecule has 6 heteroatoms. The van der Waals surface area contributed by atoms with Gasteiger partial charge in [0.05, 0.1) is 17.3 Å². The van der Waals surface area contributed by atoms with Gasteiger partial charge in [0.1, 0.15) is 11.3 Å². The average Bonchev–Trinajstić information content (AvgIpc) is 3.15. The number of nitrogens with zero attached hydrogens (tertiary/aromatic N) is 1. The molecule has 4 aromatic rings. The molecular weight excluding hydrogens is 388 g/mol. The second kappa shape index (κ2) is 7.97. The number of carbonyl (C=O) groups excluding carboxylic acids is 1. The minimum atomic E-state index is -0.424. The maximum Gasteiger partial charge on any atom is 0.307 e. The van der Waals surface area contributed by atoms with E-state index in [1.807, 2.05) is 56.3 Å². The van der Waals surface area contributed by atoms with Crippen molar-refractivity contribution in [3.8, 4) is 5.75 Å². The first-order valence-electron chi connectivity index (χ1n) is 9.22. The SMILES string of the molecule is CC(C)Oc1ccc(/C=N/NC(=O)c2cc3c(ccc4ccccc43)o2)cc1Cl. The molecule has 3 aromatic carbocycles. The van der Waals surface area contributed by atoms with Crippen LogP contribution in [0, 0.1) is 0 Å². The molecule has 0 radical (unpaired) electrons. The van der Waals surface area contributed by atoms with Gasteiger partial charge in [-0.3, -0.25) is 4.79 Å². The second-order valence-corrected chi connectivity index (χ2v) is 7.27. The summed E-state index contributed by atoms with van der Waals surface area (Å²) in [5.41, 5.74) is 3.88. The summed E-state index contributed by atoms with van der Waals surface area (Å²) in [6, 6.07) is 18.8. The van der Waals surface area contributed by atoms with Gasteiger partial charge in [-0.2, -0.15) is 5.10 Å². The molecule has 0 unspecified atom stereocenters. The first kappa shape index (κ1) is 19.0. The maximum atomic E-state index is 12.4. The van der Waals surface area contributed by atoms with E-state index in [0.29, 0.717) is 16.4 Å². The Bertz CT molecular complexity index is 1230. The fourth-order valence-electron chi connectivity index (χ4n) is 3.07. The van der Waals surface area contributed by atoms with Crippen LogP contribution >= 0.6 is 11.6 Å². The normalized spacial score (nSPS) is 11.6. The van der Waals surface area contributed by atoms with Gasteiger partial charge in [-0.1, -0.05) is 41.9 Å². The Morgan fingerprint density at radius 2 is 1.93 bits per heavy atom. The van der Waals surface area contributed by atoms with E-state index in [1.54, 1.807) is 18.2 Å². The highest BCUT2D eigenvalue weighted by Gasteiger charge is 2.13. The lowest BCUT2D eigenvalue weighted by molar-refractivity contribution is 0.0929. The summed E-state index contributed by atoms with van der Waals surface area (Å²) in [4.78, 5) is 12.4. The van der Waals surface area contributed by atoms with Crippen molar-refractivity contribution in [3.05, 3.63) is 77.0 Å². The van der Waals surface area contributed by atoms with Crippen LogP contribution in [0.4, 0.5) is 0 Å². The van der Waals surface area contributed by atoms with Gasteiger partial charge in [0.2, 0.25) is 0 Å².